The molecule has 2 amide bonds. The number of fused-ring (bicyclic) bond motifs is 5. The van der Waals surface area contributed by atoms with E-state index in [1.807, 2.05) is 102 Å². The van der Waals surface area contributed by atoms with E-state index in [-0.39, 0.29) is 5.91 Å². The van der Waals surface area contributed by atoms with Gasteiger partial charge in [-0.05, 0) is 34.9 Å². The van der Waals surface area contributed by atoms with Crippen LogP contribution in [0.5, 0.6) is 5.75 Å². The fourth-order valence-electron chi connectivity index (χ4n) is 6.61. The summed E-state index contributed by atoms with van der Waals surface area (Å²) >= 11 is 0. The number of carbonyl (C=O) groups is 3. The summed E-state index contributed by atoms with van der Waals surface area (Å²) in [6, 6.07) is 32.2. The van der Waals surface area contributed by atoms with Crippen LogP contribution in [-0.2, 0) is 19.1 Å². The number of hydrogen-bond donors (Lipinski definition) is 0. The molecule has 0 aromatic heterocycles. The van der Waals surface area contributed by atoms with E-state index in [9.17, 15) is 14.4 Å². The predicted octanol–water partition coefficient (Wildman–Crippen LogP) is 5.42. The van der Waals surface area contributed by atoms with E-state index in [2.05, 4.69) is 0 Å². The first-order valence-corrected chi connectivity index (χ1v) is 14.0. The van der Waals surface area contributed by atoms with E-state index in [4.69, 9.17) is 9.47 Å². The highest BCUT2D eigenvalue weighted by atomic mass is 16.5. The molecule has 4 atom stereocenters. The predicted molar refractivity (Wildman–Crippen MR) is 159 cm³/mol. The Labute approximate surface area is 243 Å². The highest BCUT2D eigenvalue weighted by Crippen LogP contribution is 2.50. The lowest BCUT2D eigenvalue weighted by atomic mass is 9.88. The van der Waals surface area contributed by atoms with Gasteiger partial charge in [-0.3, -0.25) is 9.59 Å². The molecular formula is C35H28N2O5. The topological polar surface area (TPSA) is 76.1 Å². The average molecular weight is 557 g/mol. The molecule has 7 rings (SSSR count). The fraction of sp³-hybridized carbons (Fsp3) is 0.171. The molecule has 0 saturated carbocycles. The monoisotopic (exact) mass is 556 g/mol. The largest absolute Gasteiger partial charge is 0.495 e. The number of anilines is 2. The molecule has 2 saturated heterocycles. The number of methoxy groups -OCH3 is 1. The molecule has 0 aliphatic carbocycles. The Hall–Kier alpha value is -5.17. The maximum absolute atomic E-state index is 14.4. The van der Waals surface area contributed by atoms with Gasteiger partial charge in [0.25, 0.3) is 0 Å². The second kappa shape index (κ2) is 10.3. The fourth-order valence-corrected chi connectivity index (χ4v) is 6.61. The van der Waals surface area contributed by atoms with Crippen molar-refractivity contribution in [3.05, 3.63) is 132 Å². The van der Waals surface area contributed by atoms with E-state index >= 15 is 0 Å². The third-order valence-corrected chi connectivity index (χ3v) is 8.42. The molecule has 0 radical (unpaired) electrons. The lowest BCUT2D eigenvalue weighted by molar-refractivity contribution is -0.151. The van der Waals surface area contributed by atoms with E-state index in [1.54, 1.807) is 24.3 Å². The molecule has 4 aromatic carbocycles. The summed E-state index contributed by atoms with van der Waals surface area (Å²) in [5, 5.41) is 0. The normalized spacial score (nSPS) is 22.1. The second-order valence-electron chi connectivity index (χ2n) is 10.6. The van der Waals surface area contributed by atoms with Crippen LogP contribution in [0.25, 0.3) is 6.08 Å². The van der Waals surface area contributed by atoms with Gasteiger partial charge in [-0.2, -0.15) is 0 Å². The van der Waals surface area contributed by atoms with Crippen molar-refractivity contribution in [3.63, 3.8) is 0 Å². The van der Waals surface area contributed by atoms with Crippen LogP contribution in [0.3, 0.4) is 0 Å². The molecule has 42 heavy (non-hydrogen) atoms. The highest BCUT2D eigenvalue weighted by molar-refractivity contribution is 6.25. The summed E-state index contributed by atoms with van der Waals surface area (Å²) in [4.78, 5) is 45.9. The van der Waals surface area contributed by atoms with Crippen LogP contribution < -0.4 is 14.5 Å². The summed E-state index contributed by atoms with van der Waals surface area (Å²) in [6.45, 7) is 0. The van der Waals surface area contributed by atoms with Crippen LogP contribution in [0.2, 0.25) is 0 Å². The summed E-state index contributed by atoms with van der Waals surface area (Å²) in [6.07, 6.45) is 3.20. The molecule has 4 aromatic rings. The first-order chi connectivity index (χ1) is 20.6. The van der Waals surface area contributed by atoms with Gasteiger partial charge in [-0.15, -0.1) is 0 Å². The van der Waals surface area contributed by atoms with Crippen molar-refractivity contribution in [1.29, 1.82) is 0 Å². The van der Waals surface area contributed by atoms with Crippen molar-refractivity contribution in [1.82, 2.24) is 0 Å². The van der Waals surface area contributed by atoms with E-state index in [0.29, 0.717) is 11.4 Å². The van der Waals surface area contributed by atoms with Crippen molar-refractivity contribution < 1.29 is 23.9 Å². The van der Waals surface area contributed by atoms with Gasteiger partial charge >= 0.3 is 5.97 Å². The third-order valence-electron chi connectivity index (χ3n) is 8.42. The van der Waals surface area contributed by atoms with E-state index < -0.39 is 41.9 Å². The number of nitrogens with zero attached hydrogens (tertiary/aromatic N) is 2. The van der Waals surface area contributed by atoms with Crippen LogP contribution in [0, 0.1) is 11.8 Å². The first kappa shape index (κ1) is 25.8. The molecule has 0 bridgehead atoms. The van der Waals surface area contributed by atoms with Crippen LogP contribution in [-0.4, -0.2) is 37.0 Å². The molecule has 0 unspecified atom stereocenters. The number of ether oxygens (including phenoxy) is 2. The maximum Gasteiger partial charge on any atom is 0.330 e. The number of rotatable bonds is 6. The lowest BCUT2D eigenvalue weighted by Crippen LogP contribution is -2.49. The number of benzene rings is 4. The molecule has 7 heteroatoms. The minimum atomic E-state index is -1.02. The van der Waals surface area contributed by atoms with Gasteiger partial charge in [-0.1, -0.05) is 103 Å². The highest BCUT2D eigenvalue weighted by Gasteiger charge is 2.65. The average Bonchev–Trinajstić information content (AvgIpc) is 3.52. The van der Waals surface area contributed by atoms with Gasteiger partial charge in [0.2, 0.25) is 11.8 Å². The van der Waals surface area contributed by atoms with Crippen molar-refractivity contribution in [2.75, 3.05) is 16.9 Å². The maximum atomic E-state index is 14.4. The van der Waals surface area contributed by atoms with Gasteiger partial charge in [0, 0.05) is 5.69 Å². The van der Waals surface area contributed by atoms with Crippen LogP contribution in [0.15, 0.2) is 115 Å². The third kappa shape index (κ3) is 4.00. The van der Waals surface area contributed by atoms with Crippen LogP contribution >= 0.6 is 0 Å². The van der Waals surface area contributed by atoms with E-state index in [1.165, 1.54) is 12.0 Å². The smallest absolute Gasteiger partial charge is 0.330 e. The van der Waals surface area contributed by atoms with Crippen molar-refractivity contribution in [2.24, 2.45) is 11.8 Å². The van der Waals surface area contributed by atoms with Crippen molar-refractivity contribution in [2.45, 2.75) is 18.2 Å². The Morgan fingerprint density at radius 3 is 1.95 bits per heavy atom. The molecule has 3 aliphatic rings. The van der Waals surface area contributed by atoms with Crippen molar-refractivity contribution in [3.8, 4) is 5.75 Å². The molecule has 208 valence electrons. The van der Waals surface area contributed by atoms with Gasteiger partial charge in [0.05, 0.1) is 30.7 Å². The van der Waals surface area contributed by atoms with Gasteiger partial charge < -0.3 is 14.4 Å². The van der Waals surface area contributed by atoms with E-state index in [0.717, 1.165) is 22.4 Å². The molecule has 0 N–H and O–H groups in total. The van der Waals surface area contributed by atoms with Crippen LogP contribution in [0.1, 0.15) is 22.8 Å². The molecule has 2 fully saturated rings. The molecule has 0 spiro atoms. The Balaban J connectivity index is 1.33. The van der Waals surface area contributed by atoms with Crippen molar-refractivity contribution >= 4 is 35.2 Å². The number of hydrogen-bond acceptors (Lipinski definition) is 6. The number of carbonyl (C=O) groups excluding carboxylic acids is 3. The number of para-hydroxylation sites is 3. The Kier molecular flexibility index (Phi) is 6.35. The van der Waals surface area contributed by atoms with Gasteiger partial charge in [0.1, 0.15) is 11.8 Å². The summed E-state index contributed by atoms with van der Waals surface area (Å²) in [7, 11) is 1.50. The lowest BCUT2D eigenvalue weighted by Gasteiger charge is -2.36. The number of esters is 1. The zero-order valence-corrected chi connectivity index (χ0v) is 22.9. The molecule has 3 aliphatic heterocycles. The first-order valence-electron chi connectivity index (χ1n) is 14.0. The zero-order chi connectivity index (χ0) is 28.8. The summed E-state index contributed by atoms with van der Waals surface area (Å²) in [5.41, 5.74) is 3.70. The molecule has 7 nitrogen and oxygen atoms in total. The Bertz CT molecular complexity index is 1660. The summed E-state index contributed by atoms with van der Waals surface area (Å²) < 4.78 is 11.8. The number of amides is 2. The SMILES string of the molecule is COc1ccccc1N1C(=O)[C@@H]2[C@@H](C1=O)[C@@H](C(=O)OC(c1ccccc1)c1ccccc1)N1c3ccccc3C=C[C@H]21. The zero-order valence-electron chi connectivity index (χ0n) is 22.9. The molecule has 3 heterocycles. The molecular weight excluding hydrogens is 528 g/mol. The minimum absolute atomic E-state index is 0.355. The van der Waals surface area contributed by atoms with Gasteiger partial charge in [0.15, 0.2) is 6.10 Å². The quantitative estimate of drug-likeness (QED) is 0.233. The summed E-state index contributed by atoms with van der Waals surface area (Å²) in [5.74, 6) is -2.65. The number of imide groups is 1. The Morgan fingerprint density at radius 1 is 0.714 bits per heavy atom. The Morgan fingerprint density at radius 2 is 1.29 bits per heavy atom. The minimum Gasteiger partial charge on any atom is -0.495 e. The van der Waals surface area contributed by atoms with Gasteiger partial charge in [-0.25, -0.2) is 9.69 Å². The standard InChI is InChI=1S/C35H28N2O5/c1-41-28-19-11-10-18-26(28)37-33(38)29-27-21-20-22-12-8-9-17-25(22)36(27)31(30(29)34(37)39)35(40)42-32(23-13-4-2-5-14-23)24-15-6-3-7-16-24/h2-21,27,29-32H,1H3/t27-,29+,30-,31+/m1/s1. The second-order valence-corrected chi connectivity index (χ2v) is 10.6. The van der Waals surface area contributed by atoms with Crippen LogP contribution in [0.4, 0.5) is 11.4 Å².